The molecule has 1 rings (SSSR count). The van der Waals surface area contributed by atoms with E-state index >= 15 is 0 Å². The molecule has 0 aliphatic rings. The Hall–Kier alpha value is -1.36. The Labute approximate surface area is 92.2 Å². The van der Waals surface area contributed by atoms with Crippen LogP contribution >= 0.6 is 12.6 Å². The summed E-state index contributed by atoms with van der Waals surface area (Å²) < 4.78 is 13.1. The molecule has 3 nitrogen and oxygen atoms in total. The summed E-state index contributed by atoms with van der Waals surface area (Å²) in [5, 5.41) is 10.6. The molecule has 0 N–H and O–H groups in total. The van der Waals surface area contributed by atoms with Crippen molar-refractivity contribution in [2.24, 2.45) is 0 Å². The van der Waals surface area contributed by atoms with E-state index in [9.17, 15) is 14.5 Å². The molecular formula is C10H10FNO2S. The van der Waals surface area contributed by atoms with Gasteiger partial charge in [0, 0.05) is 0 Å². The Morgan fingerprint density at radius 1 is 1.53 bits per heavy atom. The summed E-state index contributed by atoms with van der Waals surface area (Å²) in [6.07, 6.45) is 3.96. The van der Waals surface area contributed by atoms with E-state index in [2.05, 4.69) is 12.6 Å². The number of thiol groups is 1. The molecule has 0 spiro atoms. The molecule has 0 amide bonds. The molecule has 0 aliphatic heterocycles. The van der Waals surface area contributed by atoms with Gasteiger partial charge in [-0.1, -0.05) is 18.2 Å². The van der Waals surface area contributed by atoms with Gasteiger partial charge < -0.3 is 0 Å². The van der Waals surface area contributed by atoms with Gasteiger partial charge in [-0.15, -0.1) is 0 Å². The normalized spacial score (nSPS) is 10.8. The summed E-state index contributed by atoms with van der Waals surface area (Å²) in [4.78, 5) is 9.88. The molecule has 0 saturated heterocycles. The second-order valence-electron chi connectivity index (χ2n) is 2.85. The van der Waals surface area contributed by atoms with E-state index in [0.717, 1.165) is 6.07 Å². The summed E-state index contributed by atoms with van der Waals surface area (Å²) in [7, 11) is 0. The predicted molar refractivity (Wildman–Crippen MR) is 60.6 cm³/mol. The van der Waals surface area contributed by atoms with Crippen molar-refractivity contribution in [1.82, 2.24) is 0 Å². The van der Waals surface area contributed by atoms with Gasteiger partial charge in [-0.3, -0.25) is 10.1 Å². The number of nitro benzene ring substituents is 1. The van der Waals surface area contributed by atoms with Gasteiger partial charge in [0.15, 0.2) is 0 Å². The van der Waals surface area contributed by atoms with Crippen LogP contribution in [0.1, 0.15) is 12.0 Å². The number of allylic oxidation sites excluding steroid dienone is 1. The number of benzene rings is 1. The number of nitro groups is 1. The topological polar surface area (TPSA) is 43.1 Å². The van der Waals surface area contributed by atoms with Gasteiger partial charge in [0.25, 0.3) is 0 Å². The van der Waals surface area contributed by atoms with Gasteiger partial charge in [-0.05, 0) is 24.3 Å². The minimum atomic E-state index is -0.812. The van der Waals surface area contributed by atoms with Crippen LogP contribution in [-0.4, -0.2) is 10.7 Å². The minimum absolute atomic E-state index is 0.279. The van der Waals surface area contributed by atoms with Crippen molar-refractivity contribution in [3.8, 4) is 0 Å². The molecule has 1 aromatic rings. The quantitative estimate of drug-likeness (QED) is 0.488. The van der Waals surface area contributed by atoms with Crippen LogP contribution in [0.5, 0.6) is 0 Å². The number of hydrogen-bond acceptors (Lipinski definition) is 3. The van der Waals surface area contributed by atoms with Crippen LogP contribution in [0.4, 0.5) is 10.1 Å². The van der Waals surface area contributed by atoms with Crippen LogP contribution in [0.2, 0.25) is 0 Å². The zero-order valence-corrected chi connectivity index (χ0v) is 8.78. The molecule has 15 heavy (non-hydrogen) atoms. The highest BCUT2D eigenvalue weighted by Gasteiger charge is 2.17. The second kappa shape index (κ2) is 5.50. The SMILES string of the molecule is O=[N+]([O-])c1c(F)cccc1C=CCCS. The third-order valence-corrected chi connectivity index (χ3v) is 2.05. The lowest BCUT2D eigenvalue weighted by Crippen LogP contribution is -1.95. The number of halogens is 1. The first-order valence-electron chi connectivity index (χ1n) is 4.37. The van der Waals surface area contributed by atoms with Gasteiger partial charge in [-0.25, -0.2) is 0 Å². The summed E-state index contributed by atoms with van der Waals surface area (Å²) in [5.74, 6) is -0.160. The van der Waals surface area contributed by atoms with Crippen LogP contribution < -0.4 is 0 Å². The van der Waals surface area contributed by atoms with Crippen LogP contribution in [0.3, 0.4) is 0 Å². The first kappa shape index (κ1) is 11.7. The number of nitrogens with zero attached hydrogens (tertiary/aromatic N) is 1. The predicted octanol–water partition coefficient (Wildman–Crippen LogP) is 3.07. The zero-order valence-electron chi connectivity index (χ0n) is 7.89. The minimum Gasteiger partial charge on any atom is -0.258 e. The summed E-state index contributed by atoms with van der Waals surface area (Å²) in [6.45, 7) is 0. The first-order chi connectivity index (χ1) is 7.16. The highest BCUT2D eigenvalue weighted by atomic mass is 32.1. The Balaban J connectivity index is 3.06. The Morgan fingerprint density at radius 2 is 2.27 bits per heavy atom. The van der Waals surface area contributed by atoms with Gasteiger partial charge >= 0.3 is 5.69 Å². The fourth-order valence-corrected chi connectivity index (χ4v) is 1.29. The standard InChI is InChI=1S/C10H10FNO2S/c11-9-6-3-5-8(4-1-2-7-15)10(9)12(13)14/h1,3-6,15H,2,7H2. The first-order valence-corrected chi connectivity index (χ1v) is 5.00. The average molecular weight is 227 g/mol. The van der Waals surface area contributed by atoms with Crippen molar-refractivity contribution in [3.63, 3.8) is 0 Å². The third kappa shape index (κ3) is 3.06. The highest BCUT2D eigenvalue weighted by molar-refractivity contribution is 7.80. The number of para-hydroxylation sites is 1. The van der Waals surface area contributed by atoms with Crippen molar-refractivity contribution < 1.29 is 9.31 Å². The van der Waals surface area contributed by atoms with Crippen molar-refractivity contribution >= 4 is 24.4 Å². The summed E-state index contributed by atoms with van der Waals surface area (Å²) in [5.41, 5.74) is -0.199. The van der Waals surface area contributed by atoms with E-state index in [4.69, 9.17) is 0 Å². The van der Waals surface area contributed by atoms with Gasteiger partial charge in [-0.2, -0.15) is 17.0 Å². The smallest absolute Gasteiger partial charge is 0.258 e. The molecule has 0 aliphatic carbocycles. The van der Waals surface area contributed by atoms with E-state index < -0.39 is 16.4 Å². The molecule has 80 valence electrons. The molecule has 1 aromatic carbocycles. The molecule has 0 atom stereocenters. The molecule has 0 bridgehead atoms. The Morgan fingerprint density at radius 3 is 2.87 bits per heavy atom. The van der Waals surface area contributed by atoms with Crippen molar-refractivity contribution in [2.45, 2.75) is 6.42 Å². The van der Waals surface area contributed by atoms with E-state index in [0.29, 0.717) is 12.2 Å². The molecule has 0 radical (unpaired) electrons. The average Bonchev–Trinajstić information content (AvgIpc) is 2.17. The molecule has 0 saturated carbocycles. The van der Waals surface area contributed by atoms with E-state index in [1.165, 1.54) is 18.2 Å². The number of rotatable bonds is 4. The Bertz CT molecular complexity index is 393. The fraction of sp³-hybridized carbons (Fsp3) is 0.200. The van der Waals surface area contributed by atoms with Crippen molar-refractivity contribution in [1.29, 1.82) is 0 Å². The Kier molecular flexibility index (Phi) is 4.30. The van der Waals surface area contributed by atoms with Gasteiger partial charge in [0.05, 0.1) is 10.5 Å². The van der Waals surface area contributed by atoms with Crippen LogP contribution in [0, 0.1) is 15.9 Å². The van der Waals surface area contributed by atoms with E-state index in [-0.39, 0.29) is 5.56 Å². The highest BCUT2D eigenvalue weighted by Crippen LogP contribution is 2.23. The monoisotopic (exact) mass is 227 g/mol. The second-order valence-corrected chi connectivity index (χ2v) is 3.30. The molecule has 0 unspecified atom stereocenters. The largest absolute Gasteiger partial charge is 0.311 e. The third-order valence-electron chi connectivity index (χ3n) is 1.79. The maximum absolute atomic E-state index is 13.1. The molecule has 5 heteroatoms. The van der Waals surface area contributed by atoms with E-state index in [1.54, 1.807) is 6.08 Å². The lowest BCUT2D eigenvalue weighted by molar-refractivity contribution is -0.387. The maximum Gasteiger partial charge on any atom is 0.311 e. The summed E-state index contributed by atoms with van der Waals surface area (Å²) >= 11 is 3.99. The zero-order chi connectivity index (χ0) is 11.3. The maximum atomic E-state index is 13.1. The summed E-state index contributed by atoms with van der Waals surface area (Å²) in [6, 6.07) is 4.03. The molecule has 0 aromatic heterocycles. The van der Waals surface area contributed by atoms with Crippen molar-refractivity contribution in [2.75, 3.05) is 5.75 Å². The van der Waals surface area contributed by atoms with Crippen LogP contribution in [0.15, 0.2) is 24.3 Å². The van der Waals surface area contributed by atoms with Crippen molar-refractivity contribution in [3.05, 3.63) is 45.8 Å². The van der Waals surface area contributed by atoms with Crippen LogP contribution in [-0.2, 0) is 0 Å². The molecule has 0 fully saturated rings. The lowest BCUT2D eigenvalue weighted by Gasteiger charge is -1.97. The lowest BCUT2D eigenvalue weighted by atomic mass is 10.1. The fourth-order valence-electron chi connectivity index (χ4n) is 1.14. The molecule has 0 heterocycles. The molecular weight excluding hydrogens is 217 g/mol. The van der Waals surface area contributed by atoms with Crippen LogP contribution in [0.25, 0.3) is 6.08 Å². The van der Waals surface area contributed by atoms with Gasteiger partial charge in [0.2, 0.25) is 5.82 Å². The van der Waals surface area contributed by atoms with Gasteiger partial charge in [0.1, 0.15) is 0 Å². The number of hydrogen-bond donors (Lipinski definition) is 1. The van der Waals surface area contributed by atoms with E-state index in [1.807, 2.05) is 0 Å².